The van der Waals surface area contributed by atoms with Crippen LogP contribution >= 0.6 is 12.4 Å². The first-order valence-electron chi connectivity index (χ1n) is 8.02. The standard InChI is InChI=1S/C19H25N3O.ClH/c1-14-7-4-8-15(2)18(14)22(19(23)16(3)20)12-6-10-17-9-5-11-21-13-17;/h4-5,7-9,11,13,16H,6,10,12,20H2,1-3H3;1H. The zero-order valence-corrected chi connectivity index (χ0v) is 15.3. The lowest BCUT2D eigenvalue weighted by Crippen LogP contribution is -2.43. The van der Waals surface area contributed by atoms with Gasteiger partial charge in [-0.2, -0.15) is 0 Å². The molecule has 1 amide bonds. The van der Waals surface area contributed by atoms with Gasteiger partial charge in [-0.3, -0.25) is 9.78 Å². The molecular formula is C19H26ClN3O. The number of halogens is 1. The molecule has 0 spiro atoms. The van der Waals surface area contributed by atoms with Crippen LogP contribution in [0.1, 0.15) is 30.0 Å². The van der Waals surface area contributed by atoms with Crippen LogP contribution in [0.4, 0.5) is 5.69 Å². The van der Waals surface area contributed by atoms with Crippen molar-refractivity contribution in [2.45, 2.75) is 39.7 Å². The van der Waals surface area contributed by atoms with Gasteiger partial charge in [0.15, 0.2) is 0 Å². The molecule has 4 nitrogen and oxygen atoms in total. The molecule has 0 aliphatic carbocycles. The number of nitrogens with zero attached hydrogens (tertiary/aromatic N) is 2. The quantitative estimate of drug-likeness (QED) is 0.870. The van der Waals surface area contributed by atoms with Crippen molar-refractivity contribution in [3.05, 3.63) is 59.4 Å². The average Bonchev–Trinajstić information content (AvgIpc) is 2.53. The molecule has 0 radical (unpaired) electrons. The zero-order chi connectivity index (χ0) is 16.8. The molecule has 0 saturated heterocycles. The van der Waals surface area contributed by atoms with E-state index in [1.54, 1.807) is 13.1 Å². The maximum atomic E-state index is 12.6. The number of anilines is 1. The Kier molecular flexibility index (Phi) is 7.89. The average molecular weight is 348 g/mol. The third kappa shape index (κ3) is 5.05. The third-order valence-electron chi connectivity index (χ3n) is 3.93. The second kappa shape index (κ2) is 9.40. The molecule has 130 valence electrons. The molecule has 0 bridgehead atoms. The first-order valence-corrected chi connectivity index (χ1v) is 8.02. The van der Waals surface area contributed by atoms with Gasteiger partial charge in [-0.05, 0) is 56.4 Å². The van der Waals surface area contributed by atoms with Gasteiger partial charge in [-0.25, -0.2) is 0 Å². The Morgan fingerprint density at radius 2 is 1.88 bits per heavy atom. The van der Waals surface area contributed by atoms with Crippen LogP contribution in [0.2, 0.25) is 0 Å². The van der Waals surface area contributed by atoms with Crippen LogP contribution < -0.4 is 10.6 Å². The van der Waals surface area contributed by atoms with Gasteiger partial charge in [0, 0.05) is 24.6 Å². The molecule has 0 aliphatic rings. The van der Waals surface area contributed by atoms with Crippen molar-refractivity contribution in [1.29, 1.82) is 0 Å². The number of rotatable bonds is 6. The Morgan fingerprint density at radius 1 is 1.21 bits per heavy atom. The molecule has 1 unspecified atom stereocenters. The highest BCUT2D eigenvalue weighted by molar-refractivity contribution is 5.98. The molecule has 0 fully saturated rings. The summed E-state index contributed by atoms with van der Waals surface area (Å²) in [4.78, 5) is 18.5. The van der Waals surface area contributed by atoms with Crippen LogP contribution in [0.15, 0.2) is 42.7 Å². The van der Waals surface area contributed by atoms with E-state index in [-0.39, 0.29) is 18.3 Å². The number of amides is 1. The van der Waals surface area contributed by atoms with E-state index in [1.165, 1.54) is 5.56 Å². The second-order valence-electron chi connectivity index (χ2n) is 5.98. The topological polar surface area (TPSA) is 59.2 Å². The van der Waals surface area contributed by atoms with E-state index in [2.05, 4.69) is 11.1 Å². The molecule has 2 N–H and O–H groups in total. The molecule has 1 atom stereocenters. The smallest absolute Gasteiger partial charge is 0.243 e. The number of nitrogens with two attached hydrogens (primary N) is 1. The Labute approximate surface area is 150 Å². The number of para-hydroxylation sites is 1. The summed E-state index contributed by atoms with van der Waals surface area (Å²) in [5, 5.41) is 0. The highest BCUT2D eigenvalue weighted by atomic mass is 35.5. The maximum Gasteiger partial charge on any atom is 0.243 e. The number of aromatic nitrogens is 1. The van der Waals surface area contributed by atoms with E-state index >= 15 is 0 Å². The molecule has 1 heterocycles. The Morgan fingerprint density at radius 3 is 2.42 bits per heavy atom. The van der Waals surface area contributed by atoms with Gasteiger partial charge in [0.1, 0.15) is 0 Å². The van der Waals surface area contributed by atoms with Gasteiger partial charge >= 0.3 is 0 Å². The van der Waals surface area contributed by atoms with Crippen LogP contribution in [-0.2, 0) is 11.2 Å². The predicted molar refractivity (Wildman–Crippen MR) is 102 cm³/mol. The Bertz CT molecular complexity index is 639. The molecule has 5 heteroatoms. The molecule has 2 aromatic rings. The summed E-state index contributed by atoms with van der Waals surface area (Å²) >= 11 is 0. The molecular weight excluding hydrogens is 322 g/mol. The fraction of sp³-hybridized carbons (Fsp3) is 0.368. The van der Waals surface area contributed by atoms with Crippen molar-refractivity contribution in [3.63, 3.8) is 0 Å². The summed E-state index contributed by atoms with van der Waals surface area (Å²) in [6, 6.07) is 9.57. The number of aryl methyl sites for hydroxylation is 3. The van der Waals surface area contributed by atoms with Crippen LogP contribution in [0, 0.1) is 13.8 Å². The van der Waals surface area contributed by atoms with Crippen LogP contribution in [0.5, 0.6) is 0 Å². The lowest BCUT2D eigenvalue weighted by molar-refractivity contribution is -0.119. The van der Waals surface area contributed by atoms with Crippen molar-refractivity contribution in [3.8, 4) is 0 Å². The van der Waals surface area contributed by atoms with E-state index in [9.17, 15) is 4.79 Å². The second-order valence-corrected chi connectivity index (χ2v) is 5.98. The van der Waals surface area contributed by atoms with E-state index in [4.69, 9.17) is 5.73 Å². The highest BCUT2D eigenvalue weighted by Crippen LogP contribution is 2.25. The number of hydrogen-bond acceptors (Lipinski definition) is 3. The lowest BCUT2D eigenvalue weighted by atomic mass is 10.1. The fourth-order valence-corrected chi connectivity index (χ4v) is 2.80. The van der Waals surface area contributed by atoms with Crippen LogP contribution in [0.25, 0.3) is 0 Å². The summed E-state index contributed by atoms with van der Waals surface area (Å²) in [5.74, 6) is -0.0337. The van der Waals surface area contributed by atoms with Crippen molar-refractivity contribution in [2.24, 2.45) is 5.73 Å². The van der Waals surface area contributed by atoms with Gasteiger partial charge in [0.2, 0.25) is 5.91 Å². The van der Waals surface area contributed by atoms with Gasteiger partial charge in [-0.1, -0.05) is 24.3 Å². The number of carbonyl (C=O) groups excluding carboxylic acids is 1. The molecule has 1 aromatic carbocycles. The Hall–Kier alpha value is -1.91. The zero-order valence-electron chi connectivity index (χ0n) is 14.5. The summed E-state index contributed by atoms with van der Waals surface area (Å²) in [6.07, 6.45) is 5.41. The third-order valence-corrected chi connectivity index (χ3v) is 3.93. The first kappa shape index (κ1) is 20.1. The molecule has 24 heavy (non-hydrogen) atoms. The van der Waals surface area contributed by atoms with Crippen molar-refractivity contribution in [1.82, 2.24) is 4.98 Å². The van der Waals surface area contributed by atoms with Crippen LogP contribution in [-0.4, -0.2) is 23.5 Å². The van der Waals surface area contributed by atoms with E-state index in [0.717, 1.165) is 29.7 Å². The van der Waals surface area contributed by atoms with E-state index in [0.29, 0.717) is 6.54 Å². The predicted octanol–water partition coefficient (Wildman–Crippen LogP) is 3.43. The van der Waals surface area contributed by atoms with Crippen molar-refractivity contribution < 1.29 is 4.79 Å². The molecule has 1 aromatic heterocycles. The number of hydrogen-bond donors (Lipinski definition) is 1. The van der Waals surface area contributed by atoms with Crippen LogP contribution in [0.3, 0.4) is 0 Å². The maximum absolute atomic E-state index is 12.6. The summed E-state index contributed by atoms with van der Waals surface area (Å²) in [5.41, 5.74) is 10.2. The first-order chi connectivity index (χ1) is 11.0. The highest BCUT2D eigenvalue weighted by Gasteiger charge is 2.21. The largest absolute Gasteiger partial charge is 0.320 e. The minimum Gasteiger partial charge on any atom is -0.320 e. The number of benzene rings is 1. The minimum atomic E-state index is -0.507. The summed E-state index contributed by atoms with van der Waals surface area (Å²) < 4.78 is 0. The fourth-order valence-electron chi connectivity index (χ4n) is 2.80. The lowest BCUT2D eigenvalue weighted by Gasteiger charge is -2.28. The minimum absolute atomic E-state index is 0. The molecule has 0 saturated carbocycles. The van der Waals surface area contributed by atoms with Crippen molar-refractivity contribution in [2.75, 3.05) is 11.4 Å². The van der Waals surface area contributed by atoms with Gasteiger partial charge in [0.05, 0.1) is 6.04 Å². The molecule has 2 rings (SSSR count). The SMILES string of the molecule is Cc1cccc(C)c1N(CCCc1cccnc1)C(=O)C(C)N.Cl. The van der Waals surface area contributed by atoms with Gasteiger partial charge in [0.25, 0.3) is 0 Å². The van der Waals surface area contributed by atoms with E-state index < -0.39 is 6.04 Å². The Balaban J connectivity index is 0.00000288. The molecule has 0 aliphatic heterocycles. The van der Waals surface area contributed by atoms with Gasteiger partial charge < -0.3 is 10.6 Å². The van der Waals surface area contributed by atoms with Crippen molar-refractivity contribution >= 4 is 24.0 Å². The normalized spacial score (nSPS) is 11.5. The summed E-state index contributed by atoms with van der Waals surface area (Å²) in [6.45, 7) is 6.46. The monoisotopic (exact) mass is 347 g/mol. The van der Waals surface area contributed by atoms with E-state index in [1.807, 2.05) is 49.2 Å². The summed E-state index contributed by atoms with van der Waals surface area (Å²) in [7, 11) is 0. The number of pyridine rings is 1. The number of carbonyl (C=O) groups is 1. The van der Waals surface area contributed by atoms with Gasteiger partial charge in [-0.15, -0.1) is 12.4 Å².